The fourth-order valence-electron chi connectivity index (χ4n) is 6.89. The molecule has 9 aromatic rings. The second kappa shape index (κ2) is 13.4. The van der Waals surface area contributed by atoms with Crippen LogP contribution in [0.1, 0.15) is 26.3 Å². The van der Waals surface area contributed by atoms with E-state index in [1.807, 2.05) is 48.5 Å². The Bertz CT molecular complexity index is 2710. The number of para-hydroxylation sites is 3. The molecule has 0 spiro atoms. The van der Waals surface area contributed by atoms with Crippen LogP contribution in [0.2, 0.25) is 0 Å². The maximum Gasteiger partial charge on any atom is 2.00 e. The average Bonchev–Trinajstić information content (AvgIpc) is 3.70. The first-order valence-corrected chi connectivity index (χ1v) is 17.2. The molecule has 0 radical (unpaired) electrons. The van der Waals surface area contributed by atoms with Crippen LogP contribution in [-0.4, -0.2) is 19.1 Å². The molecule has 3 aromatic heterocycles. The van der Waals surface area contributed by atoms with E-state index in [4.69, 9.17) is 9.72 Å². The van der Waals surface area contributed by atoms with Gasteiger partial charge in [-0.25, -0.2) is 4.98 Å². The average molecular weight is 854 g/mol. The standard InChI is InChI=1S/C46H34N4O.Pt/c1-46(2,3)33-23-26-42(38(29-33)31-14-5-4-6-15-31)49-43-22-10-8-20-40(43)48-45(49)50-41-21-9-7-18-36(41)37-25-24-35(30-44(37)50)51-34-17-13-16-32(28-34)39-19-11-12-27-47-39;/h4-27,29H,1-3H3;/q-2;+2. The van der Waals surface area contributed by atoms with Gasteiger partial charge in [-0.05, 0) is 64.0 Å². The summed E-state index contributed by atoms with van der Waals surface area (Å²) in [6, 6.07) is 57.1. The van der Waals surface area contributed by atoms with Crippen molar-refractivity contribution in [3.05, 3.63) is 169 Å². The molecule has 0 bridgehead atoms. The fraction of sp³-hybridized carbons (Fsp3) is 0.0870. The van der Waals surface area contributed by atoms with Crippen LogP contribution in [0.15, 0.2) is 152 Å². The summed E-state index contributed by atoms with van der Waals surface area (Å²) >= 11 is 0. The molecule has 0 saturated carbocycles. The monoisotopic (exact) mass is 853 g/mol. The topological polar surface area (TPSA) is 44.9 Å². The molecule has 5 nitrogen and oxygen atoms in total. The molecule has 0 unspecified atom stereocenters. The van der Waals surface area contributed by atoms with Gasteiger partial charge in [0.1, 0.15) is 0 Å². The van der Waals surface area contributed by atoms with Crippen LogP contribution >= 0.6 is 0 Å². The third kappa shape index (κ3) is 5.91. The summed E-state index contributed by atoms with van der Waals surface area (Å²) in [4.78, 5) is 9.84. The van der Waals surface area contributed by atoms with Crippen LogP contribution in [0.4, 0.5) is 0 Å². The van der Waals surface area contributed by atoms with Crippen molar-refractivity contribution in [2.75, 3.05) is 0 Å². The first-order valence-electron chi connectivity index (χ1n) is 17.2. The fourth-order valence-corrected chi connectivity index (χ4v) is 6.89. The number of hydrogen-bond donors (Lipinski definition) is 0. The quantitative estimate of drug-likeness (QED) is 0.157. The summed E-state index contributed by atoms with van der Waals surface area (Å²) in [7, 11) is 0. The second-order valence-electron chi connectivity index (χ2n) is 13.8. The predicted octanol–water partition coefficient (Wildman–Crippen LogP) is 11.5. The Hall–Kier alpha value is -5.77. The van der Waals surface area contributed by atoms with Crippen molar-refractivity contribution in [1.82, 2.24) is 19.1 Å². The Kier molecular flexibility index (Phi) is 8.61. The summed E-state index contributed by atoms with van der Waals surface area (Å²) in [5, 5.41) is 2.18. The number of imidazole rings is 1. The van der Waals surface area contributed by atoms with Gasteiger partial charge in [0, 0.05) is 28.8 Å². The summed E-state index contributed by atoms with van der Waals surface area (Å²) in [6.45, 7) is 6.78. The van der Waals surface area contributed by atoms with Gasteiger partial charge in [-0.15, -0.1) is 41.3 Å². The van der Waals surface area contributed by atoms with Gasteiger partial charge < -0.3 is 14.3 Å². The molecule has 0 aliphatic carbocycles. The van der Waals surface area contributed by atoms with Crippen molar-refractivity contribution in [2.24, 2.45) is 0 Å². The van der Waals surface area contributed by atoms with E-state index in [9.17, 15) is 0 Å². The molecule has 0 N–H and O–H groups in total. The number of pyridine rings is 1. The number of fused-ring (bicyclic) bond motifs is 4. The van der Waals surface area contributed by atoms with Crippen LogP contribution in [0.5, 0.6) is 11.5 Å². The van der Waals surface area contributed by atoms with Crippen molar-refractivity contribution in [3.63, 3.8) is 0 Å². The van der Waals surface area contributed by atoms with Crippen molar-refractivity contribution in [1.29, 1.82) is 0 Å². The third-order valence-corrected chi connectivity index (χ3v) is 9.42. The Balaban J connectivity index is 0.00000387. The molecule has 0 fully saturated rings. The number of benzene rings is 6. The van der Waals surface area contributed by atoms with Crippen LogP contribution in [-0.2, 0) is 26.5 Å². The molecule has 0 aliphatic rings. The minimum atomic E-state index is -0.0192. The molecule has 6 heteroatoms. The maximum absolute atomic E-state index is 6.45. The van der Waals surface area contributed by atoms with Crippen LogP contribution < -0.4 is 4.74 Å². The van der Waals surface area contributed by atoms with Gasteiger partial charge in [0.2, 0.25) is 5.95 Å². The number of nitrogens with zero attached hydrogens (tertiary/aromatic N) is 4. The summed E-state index contributed by atoms with van der Waals surface area (Å²) in [6.07, 6.45) is 1.78. The molecule has 6 aromatic carbocycles. The first-order chi connectivity index (χ1) is 24.9. The van der Waals surface area contributed by atoms with Crippen LogP contribution in [0.3, 0.4) is 0 Å². The SMILES string of the molecule is CC(C)(C)c1ccc(-n2c(-n3c4[c-]c(Oc5[c-]c(-c6ccccn6)ccc5)ccc4c4ccccc43)nc3ccccc32)c(-c2ccccc2)c1.[Pt+2]. The minimum Gasteiger partial charge on any atom is -0.503 e. The Morgan fingerprint density at radius 2 is 1.37 bits per heavy atom. The number of hydrogen-bond acceptors (Lipinski definition) is 3. The van der Waals surface area contributed by atoms with E-state index >= 15 is 0 Å². The molecule has 254 valence electrons. The Morgan fingerprint density at radius 1 is 0.615 bits per heavy atom. The zero-order valence-corrected chi connectivity index (χ0v) is 31.2. The van der Waals surface area contributed by atoms with E-state index in [0.29, 0.717) is 11.5 Å². The molecule has 3 heterocycles. The third-order valence-electron chi connectivity index (χ3n) is 9.42. The van der Waals surface area contributed by atoms with Crippen LogP contribution in [0.25, 0.3) is 66.9 Å². The van der Waals surface area contributed by atoms with Crippen LogP contribution in [0, 0.1) is 12.1 Å². The van der Waals surface area contributed by atoms with Gasteiger partial charge >= 0.3 is 21.1 Å². The van der Waals surface area contributed by atoms with E-state index in [1.54, 1.807) is 6.20 Å². The second-order valence-corrected chi connectivity index (χ2v) is 13.8. The van der Waals surface area contributed by atoms with Gasteiger partial charge in [0.15, 0.2) is 0 Å². The normalized spacial score (nSPS) is 11.6. The zero-order valence-electron chi connectivity index (χ0n) is 28.9. The van der Waals surface area contributed by atoms with Crippen molar-refractivity contribution in [3.8, 4) is 45.5 Å². The molecule has 0 amide bonds. The largest absolute Gasteiger partial charge is 2.00 e. The van der Waals surface area contributed by atoms with Gasteiger partial charge in [-0.1, -0.05) is 111 Å². The Labute approximate surface area is 317 Å². The molecular formula is C46H34N4OPt. The maximum atomic E-state index is 6.45. The van der Waals surface area contributed by atoms with Gasteiger partial charge in [0.05, 0.1) is 16.7 Å². The van der Waals surface area contributed by atoms with Gasteiger partial charge in [0.25, 0.3) is 0 Å². The molecule has 0 atom stereocenters. The molecule has 52 heavy (non-hydrogen) atoms. The van der Waals surface area contributed by atoms with Crippen molar-refractivity contribution in [2.45, 2.75) is 26.2 Å². The van der Waals surface area contributed by atoms with E-state index < -0.39 is 0 Å². The molecule has 0 aliphatic heterocycles. The number of aromatic nitrogens is 4. The van der Waals surface area contributed by atoms with E-state index in [-0.39, 0.29) is 26.5 Å². The minimum absolute atomic E-state index is 0. The number of rotatable bonds is 6. The van der Waals surface area contributed by atoms with E-state index in [0.717, 1.165) is 66.9 Å². The smallest absolute Gasteiger partial charge is 0.503 e. The first kappa shape index (κ1) is 33.4. The number of ether oxygens (including phenoxy) is 1. The van der Waals surface area contributed by atoms with E-state index in [1.165, 1.54) is 5.56 Å². The summed E-state index contributed by atoms with van der Waals surface area (Å²) in [5.41, 5.74) is 10.1. The zero-order chi connectivity index (χ0) is 34.5. The van der Waals surface area contributed by atoms with Crippen molar-refractivity contribution >= 4 is 32.8 Å². The Morgan fingerprint density at radius 3 is 2.17 bits per heavy atom. The summed E-state index contributed by atoms with van der Waals surface area (Å²) < 4.78 is 11.0. The molecular weight excluding hydrogens is 820 g/mol. The van der Waals surface area contributed by atoms with Gasteiger partial charge in [-0.3, -0.25) is 4.57 Å². The molecule has 9 rings (SSSR count). The predicted molar refractivity (Wildman–Crippen MR) is 207 cm³/mol. The van der Waals surface area contributed by atoms with E-state index in [2.05, 4.69) is 144 Å². The molecule has 0 saturated heterocycles. The van der Waals surface area contributed by atoms with Crippen molar-refractivity contribution < 1.29 is 25.8 Å². The van der Waals surface area contributed by atoms with Gasteiger partial charge in [-0.2, -0.15) is 6.07 Å². The summed E-state index contributed by atoms with van der Waals surface area (Å²) in [5.74, 6) is 1.96.